The topological polar surface area (TPSA) is 70.0 Å². The van der Waals surface area contributed by atoms with E-state index in [9.17, 15) is 9.90 Å². The van der Waals surface area contributed by atoms with Crippen molar-refractivity contribution in [2.75, 3.05) is 20.3 Å². The highest BCUT2D eigenvalue weighted by Crippen LogP contribution is 2.23. The monoisotopic (exact) mass is 251 g/mol. The number of hydrogen-bond acceptors (Lipinski definition) is 4. The summed E-state index contributed by atoms with van der Waals surface area (Å²) in [6.07, 6.45) is -0.511. The van der Waals surface area contributed by atoms with Gasteiger partial charge < -0.3 is 14.9 Å². The van der Waals surface area contributed by atoms with E-state index in [2.05, 4.69) is 4.90 Å². The zero-order valence-electron chi connectivity index (χ0n) is 10.3. The third-order valence-electron chi connectivity index (χ3n) is 3.07. The fourth-order valence-corrected chi connectivity index (χ4v) is 2.27. The number of methoxy groups -OCH3 is 1. The number of carbonyl (C=O) groups is 1. The molecule has 0 bridgehead atoms. The Morgan fingerprint density at radius 1 is 1.44 bits per heavy atom. The van der Waals surface area contributed by atoms with Crippen LogP contribution >= 0.6 is 0 Å². The molecule has 0 saturated heterocycles. The maximum absolute atomic E-state index is 10.9. The molecule has 98 valence electrons. The minimum atomic E-state index is -0.907. The Bertz CT molecular complexity index is 447. The van der Waals surface area contributed by atoms with E-state index in [0.717, 1.165) is 17.7 Å². The number of aliphatic hydroxyl groups is 1. The van der Waals surface area contributed by atoms with Gasteiger partial charge in [-0.1, -0.05) is 6.07 Å². The molecule has 0 saturated carbocycles. The molecule has 1 heterocycles. The summed E-state index contributed by atoms with van der Waals surface area (Å²) < 4.78 is 4.89. The van der Waals surface area contributed by atoms with Gasteiger partial charge in [0, 0.05) is 26.7 Å². The minimum Gasteiger partial charge on any atom is -0.478 e. The molecule has 1 aliphatic rings. The van der Waals surface area contributed by atoms with E-state index in [0.29, 0.717) is 25.3 Å². The van der Waals surface area contributed by atoms with Crippen LogP contribution in [-0.4, -0.2) is 47.4 Å². The number of fused-ring (bicyclic) bond motifs is 1. The van der Waals surface area contributed by atoms with Crippen molar-refractivity contribution in [2.24, 2.45) is 0 Å². The average Bonchev–Trinajstić information content (AvgIpc) is 2.69. The summed E-state index contributed by atoms with van der Waals surface area (Å²) in [5.74, 6) is -0.907. The van der Waals surface area contributed by atoms with Gasteiger partial charge >= 0.3 is 5.97 Å². The first-order chi connectivity index (χ1) is 8.60. The summed E-state index contributed by atoms with van der Waals surface area (Å²) >= 11 is 0. The molecule has 5 heteroatoms. The Morgan fingerprint density at radius 3 is 2.83 bits per heavy atom. The van der Waals surface area contributed by atoms with Gasteiger partial charge in [0.25, 0.3) is 0 Å². The molecule has 2 N–H and O–H groups in total. The fourth-order valence-electron chi connectivity index (χ4n) is 2.27. The van der Waals surface area contributed by atoms with Crippen molar-refractivity contribution in [1.29, 1.82) is 0 Å². The van der Waals surface area contributed by atoms with Crippen LogP contribution in [0.3, 0.4) is 0 Å². The third kappa shape index (κ3) is 2.87. The minimum absolute atomic E-state index is 0.313. The van der Waals surface area contributed by atoms with Crippen LogP contribution < -0.4 is 0 Å². The molecule has 2 rings (SSSR count). The second kappa shape index (κ2) is 5.48. The highest BCUT2D eigenvalue weighted by atomic mass is 16.5. The molecule has 0 aromatic heterocycles. The van der Waals surface area contributed by atoms with Gasteiger partial charge in [-0.25, -0.2) is 4.79 Å². The molecule has 5 nitrogen and oxygen atoms in total. The predicted octanol–water partition coefficient (Wildman–Crippen LogP) is 0.708. The van der Waals surface area contributed by atoms with Gasteiger partial charge in [0.1, 0.15) is 0 Å². The lowest BCUT2D eigenvalue weighted by atomic mass is 10.1. The Morgan fingerprint density at radius 2 is 2.17 bits per heavy atom. The van der Waals surface area contributed by atoms with Crippen LogP contribution in [0.15, 0.2) is 18.2 Å². The number of carboxylic acid groups (broad SMARTS) is 1. The molecule has 1 unspecified atom stereocenters. The number of rotatable bonds is 5. The second-order valence-corrected chi connectivity index (χ2v) is 4.57. The molecule has 0 fully saturated rings. The van der Waals surface area contributed by atoms with E-state index in [1.54, 1.807) is 19.2 Å². The van der Waals surface area contributed by atoms with E-state index >= 15 is 0 Å². The van der Waals surface area contributed by atoms with Gasteiger partial charge in [-0.15, -0.1) is 0 Å². The molecule has 1 aromatic rings. The van der Waals surface area contributed by atoms with E-state index in [-0.39, 0.29) is 0 Å². The zero-order valence-corrected chi connectivity index (χ0v) is 10.3. The molecule has 18 heavy (non-hydrogen) atoms. The van der Waals surface area contributed by atoms with Crippen molar-refractivity contribution >= 4 is 5.97 Å². The summed E-state index contributed by atoms with van der Waals surface area (Å²) in [6.45, 7) is 2.27. The molecule has 0 radical (unpaired) electrons. The van der Waals surface area contributed by atoms with Crippen LogP contribution in [0.1, 0.15) is 21.5 Å². The first-order valence-electron chi connectivity index (χ1n) is 5.84. The van der Waals surface area contributed by atoms with E-state index in [4.69, 9.17) is 9.84 Å². The SMILES string of the molecule is COCC(O)CN1Cc2ccc(C(=O)O)cc2C1. The number of β-amino-alcohol motifs (C(OH)–C–C–N with tert-alkyl or cyclic N) is 1. The summed E-state index contributed by atoms with van der Waals surface area (Å²) in [6, 6.07) is 5.18. The van der Waals surface area contributed by atoms with Gasteiger partial charge in [0.15, 0.2) is 0 Å². The largest absolute Gasteiger partial charge is 0.478 e. The van der Waals surface area contributed by atoms with Crippen molar-refractivity contribution in [3.05, 3.63) is 34.9 Å². The molecule has 1 aromatic carbocycles. The smallest absolute Gasteiger partial charge is 0.335 e. The quantitative estimate of drug-likeness (QED) is 0.806. The average molecular weight is 251 g/mol. The number of aromatic carboxylic acids is 1. The number of nitrogens with zero attached hydrogens (tertiary/aromatic N) is 1. The Kier molecular flexibility index (Phi) is 3.96. The molecule has 0 spiro atoms. The summed E-state index contributed by atoms with van der Waals surface area (Å²) in [7, 11) is 1.56. The molecular weight excluding hydrogens is 234 g/mol. The van der Waals surface area contributed by atoms with Crippen LogP contribution in [0.5, 0.6) is 0 Å². The van der Waals surface area contributed by atoms with Crippen molar-refractivity contribution in [1.82, 2.24) is 4.90 Å². The van der Waals surface area contributed by atoms with Crippen molar-refractivity contribution < 1.29 is 19.7 Å². The van der Waals surface area contributed by atoms with Crippen LogP contribution in [0, 0.1) is 0 Å². The predicted molar refractivity (Wildman–Crippen MR) is 65.4 cm³/mol. The van der Waals surface area contributed by atoms with Crippen molar-refractivity contribution in [2.45, 2.75) is 19.2 Å². The summed E-state index contributed by atoms with van der Waals surface area (Å²) in [4.78, 5) is 13.0. The molecule has 1 atom stereocenters. The fraction of sp³-hybridized carbons (Fsp3) is 0.462. The lowest BCUT2D eigenvalue weighted by molar-refractivity contribution is 0.0369. The normalized spacial score (nSPS) is 16.6. The standard InChI is InChI=1S/C13H17NO4/c1-18-8-12(15)7-14-5-10-3-2-9(13(16)17)4-11(10)6-14/h2-4,12,15H,5-8H2,1H3,(H,16,17). The number of hydrogen-bond donors (Lipinski definition) is 2. The number of carboxylic acids is 1. The third-order valence-corrected chi connectivity index (χ3v) is 3.07. The summed E-state index contributed by atoms with van der Waals surface area (Å²) in [5, 5.41) is 18.6. The lowest BCUT2D eigenvalue weighted by Gasteiger charge is -2.18. The van der Waals surface area contributed by atoms with Crippen LogP contribution in [-0.2, 0) is 17.8 Å². The highest BCUT2D eigenvalue weighted by molar-refractivity contribution is 5.87. The van der Waals surface area contributed by atoms with E-state index in [1.807, 2.05) is 6.07 Å². The first-order valence-corrected chi connectivity index (χ1v) is 5.84. The second-order valence-electron chi connectivity index (χ2n) is 4.57. The van der Waals surface area contributed by atoms with Crippen LogP contribution in [0.2, 0.25) is 0 Å². The van der Waals surface area contributed by atoms with Gasteiger partial charge in [0.2, 0.25) is 0 Å². The Hall–Kier alpha value is -1.43. The lowest BCUT2D eigenvalue weighted by Crippen LogP contribution is -2.31. The maximum Gasteiger partial charge on any atom is 0.335 e. The van der Waals surface area contributed by atoms with Gasteiger partial charge in [-0.2, -0.15) is 0 Å². The van der Waals surface area contributed by atoms with Crippen LogP contribution in [0.4, 0.5) is 0 Å². The van der Waals surface area contributed by atoms with Crippen molar-refractivity contribution in [3.63, 3.8) is 0 Å². The highest BCUT2D eigenvalue weighted by Gasteiger charge is 2.22. The van der Waals surface area contributed by atoms with Gasteiger partial charge in [-0.3, -0.25) is 4.90 Å². The Labute approximate surface area is 106 Å². The summed E-state index contributed by atoms with van der Waals surface area (Å²) in [5.41, 5.74) is 2.47. The maximum atomic E-state index is 10.9. The molecule has 0 amide bonds. The molecular formula is C13H17NO4. The number of ether oxygens (including phenoxy) is 1. The Balaban J connectivity index is 2.01. The first kappa shape index (κ1) is 13.0. The van der Waals surface area contributed by atoms with Gasteiger partial charge in [0.05, 0.1) is 18.3 Å². The molecule has 1 aliphatic heterocycles. The van der Waals surface area contributed by atoms with E-state index in [1.165, 1.54) is 0 Å². The number of aliphatic hydroxyl groups excluding tert-OH is 1. The van der Waals surface area contributed by atoms with Crippen molar-refractivity contribution in [3.8, 4) is 0 Å². The molecule has 0 aliphatic carbocycles. The van der Waals surface area contributed by atoms with E-state index < -0.39 is 12.1 Å². The zero-order chi connectivity index (χ0) is 13.1. The van der Waals surface area contributed by atoms with Gasteiger partial charge in [-0.05, 0) is 23.3 Å². The number of benzene rings is 1. The van der Waals surface area contributed by atoms with Crippen LogP contribution in [0.25, 0.3) is 0 Å².